The summed E-state index contributed by atoms with van der Waals surface area (Å²) in [6.07, 6.45) is 6.30. The molecule has 2 heterocycles. The number of aryl methyl sites for hydroxylation is 1. The third kappa shape index (κ3) is 1.56. The maximum absolute atomic E-state index is 6.43. The van der Waals surface area contributed by atoms with Crippen LogP contribution in [0.2, 0.25) is 0 Å². The maximum atomic E-state index is 6.43. The fourth-order valence-electron chi connectivity index (χ4n) is 5.30. The van der Waals surface area contributed by atoms with Crippen molar-refractivity contribution in [1.82, 2.24) is 14.5 Å². The zero-order valence-corrected chi connectivity index (χ0v) is 13.2. The Morgan fingerprint density at radius 1 is 1.29 bits per heavy atom. The Morgan fingerprint density at radius 3 is 2.67 bits per heavy atom. The fourth-order valence-corrected chi connectivity index (χ4v) is 5.45. The number of aromatic nitrogens is 3. The number of hydrogen-bond acceptors (Lipinski definition) is 2. The van der Waals surface area contributed by atoms with Gasteiger partial charge < -0.3 is 4.57 Å². The van der Waals surface area contributed by atoms with E-state index >= 15 is 0 Å². The van der Waals surface area contributed by atoms with Gasteiger partial charge in [-0.3, -0.25) is 0 Å². The molecular formula is C17H20ClN3. The molecule has 3 aliphatic rings. The molecule has 0 saturated heterocycles. The third-order valence-electron chi connectivity index (χ3n) is 6.04. The predicted molar refractivity (Wildman–Crippen MR) is 83.4 cm³/mol. The van der Waals surface area contributed by atoms with E-state index in [1.54, 1.807) is 0 Å². The van der Waals surface area contributed by atoms with Crippen LogP contribution in [0.25, 0.3) is 11.2 Å². The van der Waals surface area contributed by atoms with Gasteiger partial charge in [0.2, 0.25) is 0 Å². The van der Waals surface area contributed by atoms with Crippen molar-refractivity contribution in [3.8, 4) is 0 Å². The lowest BCUT2D eigenvalue weighted by molar-refractivity contribution is 0.450. The maximum Gasteiger partial charge on any atom is 0.160 e. The van der Waals surface area contributed by atoms with E-state index in [0.29, 0.717) is 6.04 Å². The van der Waals surface area contributed by atoms with Crippen LogP contribution in [0.1, 0.15) is 49.0 Å². The van der Waals surface area contributed by atoms with Gasteiger partial charge in [0, 0.05) is 12.2 Å². The molecular weight excluding hydrogens is 282 g/mol. The van der Waals surface area contributed by atoms with Crippen molar-refractivity contribution in [3.05, 3.63) is 23.7 Å². The quantitative estimate of drug-likeness (QED) is 0.776. The van der Waals surface area contributed by atoms with Crippen LogP contribution >= 0.6 is 11.6 Å². The van der Waals surface area contributed by atoms with Crippen molar-refractivity contribution < 1.29 is 0 Å². The molecule has 110 valence electrons. The molecule has 0 N–H and O–H groups in total. The van der Waals surface area contributed by atoms with Crippen molar-refractivity contribution in [2.75, 3.05) is 0 Å². The van der Waals surface area contributed by atoms with Gasteiger partial charge >= 0.3 is 0 Å². The molecule has 4 heteroatoms. The molecule has 5 unspecified atom stereocenters. The first-order valence-electron chi connectivity index (χ1n) is 8.13. The average Bonchev–Trinajstić information content (AvgIpc) is 2.80. The van der Waals surface area contributed by atoms with Crippen LogP contribution in [0.4, 0.5) is 0 Å². The van der Waals surface area contributed by atoms with Crippen molar-refractivity contribution in [1.29, 1.82) is 0 Å². The fraction of sp³-hybridized carbons (Fsp3) is 0.647. The van der Waals surface area contributed by atoms with Crippen molar-refractivity contribution >= 4 is 22.8 Å². The molecule has 2 bridgehead atoms. The number of alkyl halides is 1. The molecule has 3 saturated carbocycles. The first kappa shape index (κ1) is 12.5. The normalized spacial score (nSPS) is 38.0. The van der Waals surface area contributed by atoms with Crippen molar-refractivity contribution in [2.45, 2.75) is 44.5 Å². The van der Waals surface area contributed by atoms with Crippen LogP contribution in [0.5, 0.6) is 0 Å². The smallest absolute Gasteiger partial charge is 0.160 e. The molecule has 3 nitrogen and oxygen atoms in total. The van der Waals surface area contributed by atoms with Crippen LogP contribution < -0.4 is 0 Å². The van der Waals surface area contributed by atoms with Gasteiger partial charge in [0.15, 0.2) is 5.65 Å². The summed E-state index contributed by atoms with van der Waals surface area (Å²) in [7, 11) is 0. The first-order valence-corrected chi connectivity index (χ1v) is 8.57. The highest BCUT2D eigenvalue weighted by Crippen LogP contribution is 2.72. The summed E-state index contributed by atoms with van der Waals surface area (Å²) < 4.78 is 2.40. The molecule has 3 fully saturated rings. The molecule has 3 aliphatic carbocycles. The van der Waals surface area contributed by atoms with Gasteiger partial charge in [0.05, 0.1) is 5.38 Å². The van der Waals surface area contributed by atoms with Gasteiger partial charge in [-0.15, -0.1) is 11.6 Å². The van der Waals surface area contributed by atoms with Gasteiger partial charge in [-0.1, -0.05) is 0 Å². The Morgan fingerprint density at radius 2 is 2.00 bits per heavy atom. The molecule has 5 rings (SSSR count). The van der Waals surface area contributed by atoms with E-state index in [0.717, 1.165) is 46.2 Å². The van der Waals surface area contributed by atoms with Crippen LogP contribution in [-0.4, -0.2) is 14.5 Å². The summed E-state index contributed by atoms with van der Waals surface area (Å²) in [6, 6.07) is 2.75. The van der Waals surface area contributed by atoms with E-state index < -0.39 is 0 Å². The molecule has 0 aromatic carbocycles. The average molecular weight is 302 g/mol. The lowest BCUT2D eigenvalue weighted by atomic mass is 10.0. The molecule has 2 aromatic heterocycles. The number of fused-ring (bicyclic) bond motifs is 6. The third-order valence-corrected chi connectivity index (χ3v) is 6.24. The first-order chi connectivity index (χ1) is 10.1. The Kier molecular flexibility index (Phi) is 2.38. The monoisotopic (exact) mass is 301 g/mol. The van der Waals surface area contributed by atoms with Gasteiger partial charge in [-0.05, 0) is 68.4 Å². The summed E-state index contributed by atoms with van der Waals surface area (Å²) in [6.45, 7) is 4.10. The Bertz CT molecular complexity index is 719. The van der Waals surface area contributed by atoms with Crippen LogP contribution in [0, 0.1) is 30.6 Å². The van der Waals surface area contributed by atoms with Gasteiger partial charge in [0.1, 0.15) is 11.3 Å². The standard InChI is InChI=1S/C17H20ClN3/c1-8-5-12-17(19-7-8)21(16(20-12)9(2)18)15-13-10-3-4-11(6-10)14(13)15/h5,7,9-11,13-15H,3-4,6H2,1-2H3. The minimum Gasteiger partial charge on any atom is -0.308 e. The summed E-state index contributed by atoms with van der Waals surface area (Å²) in [4.78, 5) is 9.49. The van der Waals surface area contributed by atoms with E-state index in [1.165, 1.54) is 19.3 Å². The topological polar surface area (TPSA) is 30.7 Å². The van der Waals surface area contributed by atoms with E-state index in [4.69, 9.17) is 16.6 Å². The molecule has 5 atom stereocenters. The molecule has 2 aromatic rings. The van der Waals surface area contributed by atoms with Crippen LogP contribution in [0.15, 0.2) is 12.3 Å². The number of halogens is 1. The van der Waals surface area contributed by atoms with Crippen LogP contribution in [0.3, 0.4) is 0 Å². The second-order valence-corrected chi connectivity index (χ2v) is 7.94. The summed E-state index contributed by atoms with van der Waals surface area (Å²) in [5.74, 6) is 4.66. The number of rotatable bonds is 2. The minimum absolute atomic E-state index is 0.0570. The second-order valence-electron chi connectivity index (χ2n) is 7.29. The Hall–Kier alpha value is -1.09. The molecule has 0 radical (unpaired) electrons. The highest BCUT2D eigenvalue weighted by Gasteiger charge is 2.66. The van der Waals surface area contributed by atoms with E-state index in [9.17, 15) is 0 Å². The molecule has 0 aliphatic heterocycles. The lowest BCUT2D eigenvalue weighted by Gasteiger charge is -2.14. The number of nitrogens with zero attached hydrogens (tertiary/aromatic N) is 3. The van der Waals surface area contributed by atoms with E-state index in [-0.39, 0.29) is 5.38 Å². The summed E-state index contributed by atoms with van der Waals surface area (Å²) in [5.41, 5.74) is 3.22. The minimum atomic E-state index is -0.0570. The number of pyridine rings is 1. The van der Waals surface area contributed by atoms with E-state index in [2.05, 4.69) is 22.5 Å². The molecule has 21 heavy (non-hydrogen) atoms. The lowest BCUT2D eigenvalue weighted by Crippen LogP contribution is -2.09. The largest absolute Gasteiger partial charge is 0.308 e. The van der Waals surface area contributed by atoms with Crippen molar-refractivity contribution in [2.24, 2.45) is 23.7 Å². The van der Waals surface area contributed by atoms with Gasteiger partial charge in [-0.25, -0.2) is 9.97 Å². The van der Waals surface area contributed by atoms with Crippen LogP contribution in [-0.2, 0) is 0 Å². The van der Waals surface area contributed by atoms with E-state index in [1.807, 2.05) is 13.1 Å². The highest BCUT2D eigenvalue weighted by atomic mass is 35.5. The Labute approximate surface area is 129 Å². The molecule has 0 spiro atoms. The second kappa shape index (κ2) is 4.01. The SMILES string of the molecule is Cc1cnc2c(c1)nc(C(C)Cl)n2C1C2C3CCC(C3)C21. The molecule has 0 amide bonds. The number of imidazole rings is 1. The zero-order valence-electron chi connectivity index (χ0n) is 12.5. The summed E-state index contributed by atoms with van der Waals surface area (Å²) >= 11 is 6.43. The zero-order chi connectivity index (χ0) is 14.3. The predicted octanol–water partition coefficient (Wildman–Crippen LogP) is 4.26. The summed E-state index contributed by atoms with van der Waals surface area (Å²) in [5, 5.41) is -0.0570. The van der Waals surface area contributed by atoms with Gasteiger partial charge in [-0.2, -0.15) is 0 Å². The Balaban J connectivity index is 1.67. The highest BCUT2D eigenvalue weighted by molar-refractivity contribution is 6.20. The number of hydrogen-bond donors (Lipinski definition) is 0. The van der Waals surface area contributed by atoms with Crippen molar-refractivity contribution in [3.63, 3.8) is 0 Å². The van der Waals surface area contributed by atoms with Gasteiger partial charge in [0.25, 0.3) is 0 Å².